The van der Waals surface area contributed by atoms with E-state index in [0.717, 1.165) is 57.7 Å². The van der Waals surface area contributed by atoms with E-state index >= 15 is 0 Å². The third-order valence-corrected chi connectivity index (χ3v) is 6.19. The van der Waals surface area contributed by atoms with Crippen LogP contribution in [0.25, 0.3) is 0 Å². The SMILES string of the molecule is COc1cccc(CN2CCC[C@]3(CCN(C(=O)c4ccc(=O)n(C)n4)C3)C2)c1. The van der Waals surface area contributed by atoms with Gasteiger partial charge in [0.05, 0.1) is 7.11 Å². The predicted molar refractivity (Wildman–Crippen MR) is 110 cm³/mol. The first-order valence-corrected chi connectivity index (χ1v) is 10.2. The van der Waals surface area contributed by atoms with Gasteiger partial charge in [-0.3, -0.25) is 14.5 Å². The number of carbonyl (C=O) groups is 1. The summed E-state index contributed by atoms with van der Waals surface area (Å²) in [6.07, 6.45) is 3.30. The normalized spacial score (nSPS) is 22.2. The van der Waals surface area contributed by atoms with Gasteiger partial charge in [0.2, 0.25) is 0 Å². The molecule has 2 aliphatic rings. The van der Waals surface area contributed by atoms with E-state index in [0.29, 0.717) is 5.69 Å². The molecule has 0 N–H and O–H groups in total. The van der Waals surface area contributed by atoms with E-state index in [1.165, 1.54) is 22.4 Å². The highest BCUT2D eigenvalue weighted by molar-refractivity contribution is 5.92. The molecule has 29 heavy (non-hydrogen) atoms. The maximum Gasteiger partial charge on any atom is 0.274 e. The lowest BCUT2D eigenvalue weighted by Crippen LogP contribution is -2.45. The van der Waals surface area contributed by atoms with Crippen molar-refractivity contribution in [2.24, 2.45) is 12.5 Å². The van der Waals surface area contributed by atoms with Crippen LogP contribution in [0, 0.1) is 5.41 Å². The van der Waals surface area contributed by atoms with E-state index in [1.807, 2.05) is 17.0 Å². The number of ether oxygens (including phenoxy) is 1. The Morgan fingerprint density at radius 2 is 2.03 bits per heavy atom. The summed E-state index contributed by atoms with van der Waals surface area (Å²) in [5.41, 5.74) is 1.53. The summed E-state index contributed by atoms with van der Waals surface area (Å²) in [6, 6.07) is 11.2. The molecule has 7 nitrogen and oxygen atoms in total. The number of benzene rings is 1. The van der Waals surface area contributed by atoms with Gasteiger partial charge in [-0.05, 0) is 49.6 Å². The molecule has 2 aromatic rings. The van der Waals surface area contributed by atoms with Crippen molar-refractivity contribution in [1.29, 1.82) is 0 Å². The van der Waals surface area contributed by atoms with E-state index in [2.05, 4.69) is 22.1 Å². The topological polar surface area (TPSA) is 67.7 Å². The van der Waals surface area contributed by atoms with E-state index in [1.54, 1.807) is 14.2 Å². The largest absolute Gasteiger partial charge is 0.497 e. The van der Waals surface area contributed by atoms with Gasteiger partial charge in [-0.25, -0.2) is 4.68 Å². The van der Waals surface area contributed by atoms with Gasteiger partial charge in [0, 0.05) is 44.7 Å². The van der Waals surface area contributed by atoms with Crippen molar-refractivity contribution < 1.29 is 9.53 Å². The summed E-state index contributed by atoms with van der Waals surface area (Å²) < 4.78 is 6.56. The molecular weight excluding hydrogens is 368 g/mol. The standard InChI is InChI=1S/C22H28N4O3/c1-24-20(27)8-7-19(23-24)21(28)26-12-10-22(16-26)9-4-11-25(15-22)14-17-5-3-6-18(13-17)29-2/h3,5-8,13H,4,9-12,14-16H2,1-2H3/t22-/m0/s1. The lowest BCUT2D eigenvalue weighted by molar-refractivity contribution is 0.0669. The number of piperidine rings is 1. The number of likely N-dealkylation sites (tertiary alicyclic amines) is 2. The summed E-state index contributed by atoms with van der Waals surface area (Å²) in [4.78, 5) is 28.8. The molecule has 1 spiro atoms. The zero-order valence-corrected chi connectivity index (χ0v) is 17.1. The quantitative estimate of drug-likeness (QED) is 0.790. The maximum absolute atomic E-state index is 12.9. The van der Waals surface area contributed by atoms with Gasteiger partial charge < -0.3 is 9.64 Å². The molecule has 1 atom stereocenters. The van der Waals surface area contributed by atoms with Crippen LogP contribution < -0.4 is 10.3 Å². The molecule has 0 bridgehead atoms. The molecule has 1 aromatic carbocycles. The molecule has 2 saturated heterocycles. The van der Waals surface area contributed by atoms with Crippen molar-refractivity contribution in [3.63, 3.8) is 0 Å². The first kappa shape index (κ1) is 19.6. The van der Waals surface area contributed by atoms with Crippen LogP contribution in [0.1, 0.15) is 35.3 Å². The second kappa shape index (κ2) is 7.99. The van der Waals surface area contributed by atoms with E-state index < -0.39 is 0 Å². The Kier molecular flexibility index (Phi) is 5.41. The summed E-state index contributed by atoms with van der Waals surface area (Å²) in [6.45, 7) is 4.47. The number of methoxy groups -OCH3 is 1. The Labute approximate surface area is 170 Å². The molecule has 4 rings (SSSR count). The molecule has 154 valence electrons. The minimum absolute atomic E-state index is 0.0811. The highest BCUT2D eigenvalue weighted by Crippen LogP contribution is 2.39. The molecule has 2 aliphatic heterocycles. The number of amides is 1. The van der Waals surface area contributed by atoms with Crippen molar-refractivity contribution >= 4 is 5.91 Å². The van der Waals surface area contributed by atoms with Crippen LogP contribution in [-0.4, -0.2) is 58.8 Å². The Morgan fingerprint density at radius 3 is 2.83 bits per heavy atom. The Balaban J connectivity index is 1.42. The van der Waals surface area contributed by atoms with E-state index in [-0.39, 0.29) is 16.9 Å². The summed E-state index contributed by atoms with van der Waals surface area (Å²) >= 11 is 0. The fraction of sp³-hybridized carbons (Fsp3) is 0.500. The van der Waals surface area contributed by atoms with E-state index in [9.17, 15) is 9.59 Å². The maximum atomic E-state index is 12.9. The molecule has 0 radical (unpaired) electrons. The minimum Gasteiger partial charge on any atom is -0.497 e. The fourth-order valence-corrected chi connectivity index (χ4v) is 4.69. The summed E-state index contributed by atoms with van der Waals surface area (Å²) in [5.74, 6) is 0.805. The summed E-state index contributed by atoms with van der Waals surface area (Å²) in [5, 5.41) is 4.13. The summed E-state index contributed by atoms with van der Waals surface area (Å²) in [7, 11) is 3.26. The highest BCUT2D eigenvalue weighted by atomic mass is 16.5. The van der Waals surface area contributed by atoms with Gasteiger partial charge >= 0.3 is 0 Å². The van der Waals surface area contributed by atoms with Crippen LogP contribution in [-0.2, 0) is 13.6 Å². The number of nitrogens with zero attached hydrogens (tertiary/aromatic N) is 4. The van der Waals surface area contributed by atoms with E-state index in [4.69, 9.17) is 4.74 Å². The van der Waals surface area contributed by atoms with Gasteiger partial charge in [0.1, 0.15) is 11.4 Å². The smallest absolute Gasteiger partial charge is 0.274 e. The molecule has 1 amide bonds. The molecular formula is C22H28N4O3. The predicted octanol–water partition coefficient (Wildman–Crippen LogP) is 1.92. The van der Waals surface area contributed by atoms with Crippen molar-refractivity contribution in [2.45, 2.75) is 25.8 Å². The Hall–Kier alpha value is -2.67. The number of hydrogen-bond acceptors (Lipinski definition) is 5. The second-order valence-electron chi connectivity index (χ2n) is 8.32. The van der Waals surface area contributed by atoms with Crippen molar-refractivity contribution in [3.8, 4) is 5.75 Å². The molecule has 0 aliphatic carbocycles. The lowest BCUT2D eigenvalue weighted by Gasteiger charge is -2.40. The third-order valence-electron chi connectivity index (χ3n) is 6.19. The Bertz CT molecular complexity index is 957. The second-order valence-corrected chi connectivity index (χ2v) is 8.32. The number of rotatable bonds is 4. The average molecular weight is 396 g/mol. The van der Waals surface area contributed by atoms with Crippen LogP contribution in [0.4, 0.5) is 0 Å². The highest BCUT2D eigenvalue weighted by Gasteiger charge is 2.43. The van der Waals surface area contributed by atoms with Gasteiger partial charge in [-0.15, -0.1) is 0 Å². The molecule has 0 saturated carbocycles. The van der Waals surface area contributed by atoms with Crippen molar-refractivity contribution in [3.05, 3.63) is 58.0 Å². The van der Waals surface area contributed by atoms with Gasteiger partial charge in [-0.2, -0.15) is 5.10 Å². The Morgan fingerprint density at radius 1 is 1.17 bits per heavy atom. The lowest BCUT2D eigenvalue weighted by atomic mass is 9.79. The van der Waals surface area contributed by atoms with Crippen LogP contribution in [0.2, 0.25) is 0 Å². The van der Waals surface area contributed by atoms with Gasteiger partial charge in [0.15, 0.2) is 0 Å². The molecule has 7 heteroatoms. The number of aromatic nitrogens is 2. The first-order valence-electron chi connectivity index (χ1n) is 10.2. The number of hydrogen-bond donors (Lipinski definition) is 0. The fourth-order valence-electron chi connectivity index (χ4n) is 4.69. The molecule has 0 unspecified atom stereocenters. The third kappa shape index (κ3) is 4.19. The van der Waals surface area contributed by atoms with Crippen molar-refractivity contribution in [1.82, 2.24) is 19.6 Å². The monoisotopic (exact) mass is 396 g/mol. The van der Waals surface area contributed by atoms with Crippen LogP contribution in [0.5, 0.6) is 5.75 Å². The van der Waals surface area contributed by atoms with Crippen LogP contribution >= 0.6 is 0 Å². The van der Waals surface area contributed by atoms with Crippen LogP contribution in [0.3, 0.4) is 0 Å². The van der Waals surface area contributed by atoms with Gasteiger partial charge in [0.25, 0.3) is 11.5 Å². The number of aryl methyl sites for hydroxylation is 1. The minimum atomic E-state index is -0.208. The molecule has 3 heterocycles. The van der Waals surface area contributed by atoms with Crippen LogP contribution in [0.15, 0.2) is 41.2 Å². The zero-order chi connectivity index (χ0) is 20.4. The van der Waals surface area contributed by atoms with Gasteiger partial charge in [-0.1, -0.05) is 12.1 Å². The molecule has 1 aromatic heterocycles. The average Bonchev–Trinajstić information content (AvgIpc) is 3.12. The first-order chi connectivity index (χ1) is 14.0. The number of carbonyl (C=O) groups excluding carboxylic acids is 1. The molecule has 2 fully saturated rings. The zero-order valence-electron chi connectivity index (χ0n) is 17.1. The van der Waals surface area contributed by atoms with Crippen molar-refractivity contribution in [2.75, 3.05) is 33.3 Å².